The van der Waals surface area contributed by atoms with Gasteiger partial charge in [-0.25, -0.2) is 14.4 Å². The Hall–Kier alpha value is -4.92. The van der Waals surface area contributed by atoms with Crippen LogP contribution >= 0.6 is 0 Å². The summed E-state index contributed by atoms with van der Waals surface area (Å²) in [7, 11) is 0. The van der Waals surface area contributed by atoms with Crippen molar-refractivity contribution in [2.75, 3.05) is 13.2 Å². The summed E-state index contributed by atoms with van der Waals surface area (Å²) >= 11 is 0. The maximum atomic E-state index is 12.5. The van der Waals surface area contributed by atoms with Crippen LogP contribution in [-0.4, -0.2) is 42.2 Å². The van der Waals surface area contributed by atoms with Crippen molar-refractivity contribution >= 4 is 23.9 Å². The van der Waals surface area contributed by atoms with Crippen molar-refractivity contribution < 1.29 is 43.2 Å². The van der Waals surface area contributed by atoms with Crippen LogP contribution in [0, 0.1) is 0 Å². The molecule has 0 saturated carbocycles. The fraction of sp³-hybridized carbons (Fsp3) is 0.273. The molecule has 3 aromatic rings. The maximum absolute atomic E-state index is 12.5. The van der Waals surface area contributed by atoms with Gasteiger partial charge in [0.25, 0.3) is 0 Å². The van der Waals surface area contributed by atoms with Crippen LogP contribution in [0.15, 0.2) is 84.9 Å². The first kappa shape index (κ1) is 31.6. The molecule has 0 aliphatic carbocycles. The Morgan fingerprint density at radius 2 is 1.14 bits per heavy atom. The molecule has 3 aromatic carbocycles. The average molecular weight is 575 g/mol. The zero-order valence-electron chi connectivity index (χ0n) is 23.5. The Morgan fingerprint density at radius 1 is 0.667 bits per heavy atom. The molecule has 0 unspecified atom stereocenters. The van der Waals surface area contributed by atoms with E-state index in [-0.39, 0.29) is 23.7 Å². The van der Waals surface area contributed by atoms with Gasteiger partial charge in [-0.15, -0.1) is 0 Å². The molecular formula is C33H34O9. The third-order valence-electron chi connectivity index (χ3n) is 6.04. The zero-order chi connectivity index (χ0) is 30.3. The van der Waals surface area contributed by atoms with Gasteiger partial charge >= 0.3 is 23.9 Å². The second-order valence-corrected chi connectivity index (χ2v) is 9.54. The number of unbranched alkanes of at least 4 members (excludes halogenated alkanes) is 3. The third-order valence-corrected chi connectivity index (χ3v) is 6.04. The van der Waals surface area contributed by atoms with Crippen LogP contribution in [0.4, 0.5) is 0 Å². The number of carboxylic acid groups (broad SMARTS) is 1. The van der Waals surface area contributed by atoms with E-state index in [2.05, 4.69) is 6.58 Å². The molecule has 0 amide bonds. The van der Waals surface area contributed by atoms with E-state index in [1.807, 2.05) is 0 Å². The minimum Gasteiger partial charge on any atom is -0.494 e. The van der Waals surface area contributed by atoms with Crippen molar-refractivity contribution in [1.29, 1.82) is 0 Å². The molecule has 0 aliphatic rings. The lowest BCUT2D eigenvalue weighted by Gasteiger charge is -2.09. The van der Waals surface area contributed by atoms with E-state index in [4.69, 9.17) is 24.1 Å². The van der Waals surface area contributed by atoms with Gasteiger partial charge < -0.3 is 24.1 Å². The lowest BCUT2D eigenvalue weighted by molar-refractivity contribution is -0.139. The van der Waals surface area contributed by atoms with Gasteiger partial charge in [0.15, 0.2) is 0 Å². The number of carbonyl (C=O) groups excluding carboxylic acids is 3. The van der Waals surface area contributed by atoms with Gasteiger partial charge in [0.1, 0.15) is 17.2 Å². The number of esters is 3. The summed E-state index contributed by atoms with van der Waals surface area (Å²) in [6.07, 6.45) is 3.91. The largest absolute Gasteiger partial charge is 0.494 e. The van der Waals surface area contributed by atoms with Crippen LogP contribution in [0.2, 0.25) is 0 Å². The third kappa shape index (κ3) is 10.9. The topological polar surface area (TPSA) is 125 Å². The van der Waals surface area contributed by atoms with E-state index < -0.39 is 17.9 Å². The highest BCUT2D eigenvalue weighted by molar-refractivity contribution is 5.92. The summed E-state index contributed by atoms with van der Waals surface area (Å²) in [6.45, 7) is 6.08. The molecule has 42 heavy (non-hydrogen) atoms. The summed E-state index contributed by atoms with van der Waals surface area (Å²) in [5.41, 5.74) is 1.85. The monoisotopic (exact) mass is 574 g/mol. The van der Waals surface area contributed by atoms with Gasteiger partial charge in [0, 0.05) is 12.0 Å². The summed E-state index contributed by atoms with van der Waals surface area (Å²) < 4.78 is 21.6. The molecule has 0 saturated heterocycles. The molecule has 0 radical (unpaired) electrons. The Morgan fingerprint density at radius 3 is 1.64 bits per heavy atom. The summed E-state index contributed by atoms with van der Waals surface area (Å²) in [4.78, 5) is 47.0. The van der Waals surface area contributed by atoms with Gasteiger partial charge in [-0.1, -0.05) is 18.7 Å². The molecule has 0 aromatic heterocycles. The second-order valence-electron chi connectivity index (χ2n) is 9.54. The number of rotatable bonds is 16. The highest BCUT2D eigenvalue weighted by atomic mass is 16.5. The Labute approximate surface area is 244 Å². The first-order valence-electron chi connectivity index (χ1n) is 13.6. The van der Waals surface area contributed by atoms with E-state index in [1.165, 1.54) is 24.3 Å². The van der Waals surface area contributed by atoms with Gasteiger partial charge in [-0.05, 0) is 105 Å². The van der Waals surface area contributed by atoms with Crippen LogP contribution in [0.5, 0.6) is 17.2 Å². The predicted octanol–water partition coefficient (Wildman–Crippen LogP) is 6.20. The van der Waals surface area contributed by atoms with Crippen LogP contribution in [0.1, 0.15) is 65.3 Å². The van der Waals surface area contributed by atoms with Gasteiger partial charge in [0.05, 0.1) is 24.3 Å². The van der Waals surface area contributed by atoms with Crippen molar-refractivity contribution in [2.24, 2.45) is 0 Å². The Kier molecular flexibility index (Phi) is 12.3. The fourth-order valence-electron chi connectivity index (χ4n) is 3.69. The van der Waals surface area contributed by atoms with Crippen molar-refractivity contribution in [3.63, 3.8) is 0 Å². The molecule has 0 bridgehead atoms. The number of aliphatic carboxylic acids is 1. The van der Waals surface area contributed by atoms with Crippen LogP contribution in [0.3, 0.4) is 0 Å². The molecule has 1 N–H and O–H groups in total. The predicted molar refractivity (Wildman–Crippen MR) is 155 cm³/mol. The van der Waals surface area contributed by atoms with Gasteiger partial charge in [-0.3, -0.25) is 4.79 Å². The zero-order valence-corrected chi connectivity index (χ0v) is 23.5. The van der Waals surface area contributed by atoms with E-state index in [0.717, 1.165) is 31.2 Å². The van der Waals surface area contributed by atoms with E-state index >= 15 is 0 Å². The highest BCUT2D eigenvalue weighted by Crippen LogP contribution is 2.19. The summed E-state index contributed by atoms with van der Waals surface area (Å²) in [6, 6.07) is 19.3. The minimum absolute atomic E-state index is 0.0247. The first-order chi connectivity index (χ1) is 20.2. The highest BCUT2D eigenvalue weighted by Gasteiger charge is 2.12. The number of hydrogen-bond acceptors (Lipinski definition) is 8. The SMILES string of the molecule is C=C(C)C(=O)OCCCCCCOc1ccc(C(=O)Oc2ccc(C(=O)Oc3ccc(CCC(=O)O)cc3)cc2)cc1. The van der Waals surface area contributed by atoms with Crippen LogP contribution in [0.25, 0.3) is 0 Å². The number of benzene rings is 3. The second kappa shape index (κ2) is 16.4. The standard InChI is InChI=1S/C33H34O9/c1-23(2)31(36)40-22-6-4-3-5-21-39-27-16-10-25(11-17-27)32(37)42-29-18-12-26(13-19-29)33(38)41-28-14-7-24(8-15-28)9-20-30(34)35/h7-8,10-19H,1,3-6,9,20-22H2,2H3,(H,34,35). The molecule has 0 spiro atoms. The Balaban J connectivity index is 1.37. The Bertz CT molecular complexity index is 1360. The lowest BCUT2D eigenvalue weighted by atomic mass is 10.1. The molecule has 0 atom stereocenters. The molecule has 0 heterocycles. The quantitative estimate of drug-likeness (QED) is 0.0921. The average Bonchev–Trinajstić information content (AvgIpc) is 2.98. The van der Waals surface area contributed by atoms with Crippen molar-refractivity contribution in [2.45, 2.75) is 45.4 Å². The van der Waals surface area contributed by atoms with Crippen LogP contribution in [-0.2, 0) is 20.7 Å². The van der Waals surface area contributed by atoms with Gasteiger partial charge in [0.2, 0.25) is 0 Å². The minimum atomic E-state index is -0.875. The molecule has 220 valence electrons. The lowest BCUT2D eigenvalue weighted by Crippen LogP contribution is -2.10. The molecule has 0 aliphatic heterocycles. The summed E-state index contributed by atoms with van der Waals surface area (Å²) in [5.74, 6) is -1.12. The van der Waals surface area contributed by atoms with Crippen molar-refractivity contribution in [3.05, 3.63) is 102 Å². The molecule has 9 nitrogen and oxygen atoms in total. The van der Waals surface area contributed by atoms with Crippen molar-refractivity contribution in [1.82, 2.24) is 0 Å². The molecular weight excluding hydrogens is 540 g/mol. The first-order valence-corrected chi connectivity index (χ1v) is 13.6. The van der Waals surface area contributed by atoms with Crippen molar-refractivity contribution in [3.8, 4) is 17.2 Å². The number of carbonyl (C=O) groups is 4. The van der Waals surface area contributed by atoms with Crippen LogP contribution < -0.4 is 14.2 Å². The van der Waals surface area contributed by atoms with Gasteiger partial charge in [-0.2, -0.15) is 0 Å². The van der Waals surface area contributed by atoms with E-state index in [0.29, 0.717) is 42.3 Å². The fourth-order valence-corrected chi connectivity index (χ4v) is 3.69. The molecule has 9 heteroatoms. The molecule has 3 rings (SSSR count). The number of ether oxygens (including phenoxy) is 4. The van der Waals surface area contributed by atoms with E-state index in [9.17, 15) is 19.2 Å². The van der Waals surface area contributed by atoms with E-state index in [1.54, 1.807) is 55.5 Å². The smallest absolute Gasteiger partial charge is 0.343 e. The normalized spacial score (nSPS) is 10.4. The summed E-state index contributed by atoms with van der Waals surface area (Å²) in [5, 5.41) is 8.77. The maximum Gasteiger partial charge on any atom is 0.343 e. The molecule has 0 fully saturated rings. The number of hydrogen-bond donors (Lipinski definition) is 1. The number of carboxylic acids is 1. The number of aryl methyl sites for hydroxylation is 1.